The van der Waals surface area contributed by atoms with Gasteiger partial charge in [-0.2, -0.15) is 0 Å². The number of aromatic nitrogens is 1. The van der Waals surface area contributed by atoms with E-state index in [1.165, 1.54) is 0 Å². The van der Waals surface area contributed by atoms with E-state index in [4.69, 9.17) is 11.1 Å². The van der Waals surface area contributed by atoms with Crippen LogP contribution in [0.4, 0.5) is 5.82 Å². The van der Waals surface area contributed by atoms with Gasteiger partial charge in [0.05, 0.1) is 0 Å². The summed E-state index contributed by atoms with van der Waals surface area (Å²) in [4.78, 5) is 7.51. The molecule has 0 unspecified atom stereocenters. The van der Waals surface area contributed by atoms with Gasteiger partial charge < -0.3 is 5.73 Å². The van der Waals surface area contributed by atoms with Gasteiger partial charge in [0, 0.05) is 0 Å². The molecule has 0 fully saturated rings. The highest BCUT2D eigenvalue weighted by Gasteiger charge is 1.96. The van der Waals surface area contributed by atoms with Crippen molar-refractivity contribution in [3.63, 3.8) is 0 Å². The zero-order valence-corrected chi connectivity index (χ0v) is 5.91. The third-order valence-corrected chi connectivity index (χ3v) is 1.17. The molecule has 0 spiro atoms. The van der Waals surface area contributed by atoms with E-state index in [1.807, 2.05) is 0 Å². The van der Waals surface area contributed by atoms with Crippen molar-refractivity contribution in [2.24, 2.45) is 10.7 Å². The second-order valence-corrected chi connectivity index (χ2v) is 1.95. The lowest BCUT2D eigenvalue weighted by Crippen LogP contribution is -2.12. The second kappa shape index (κ2) is 2.92. The molecule has 56 valence electrons. The molecular formula is C7H8N4. The predicted octanol–water partition coefficient (Wildman–Crippen LogP) is 0.698. The van der Waals surface area contributed by atoms with Gasteiger partial charge in [-0.3, -0.25) is 5.41 Å². The highest BCUT2D eigenvalue weighted by molar-refractivity contribution is 5.93. The third kappa shape index (κ3) is 1.61. The lowest BCUT2D eigenvalue weighted by Gasteiger charge is -1.96. The highest BCUT2D eigenvalue weighted by Crippen LogP contribution is 2.06. The fourth-order valence-corrected chi connectivity index (χ4v) is 0.661. The number of nitrogen functional groups attached to an aromatic ring is 1. The molecular weight excluding hydrogens is 140 g/mol. The van der Waals surface area contributed by atoms with Crippen LogP contribution in [0.15, 0.2) is 23.2 Å². The van der Waals surface area contributed by atoms with E-state index in [0.29, 0.717) is 11.5 Å². The van der Waals surface area contributed by atoms with Gasteiger partial charge in [0.25, 0.3) is 0 Å². The molecule has 0 aliphatic rings. The van der Waals surface area contributed by atoms with E-state index in [2.05, 4.69) is 16.7 Å². The molecule has 1 heterocycles. The number of nitrogens with zero attached hydrogens (tertiary/aromatic N) is 2. The maximum absolute atomic E-state index is 7.06. The Morgan fingerprint density at radius 2 is 2.36 bits per heavy atom. The number of hydrogen-bond acceptors (Lipinski definition) is 3. The van der Waals surface area contributed by atoms with Gasteiger partial charge in [0.15, 0.2) is 5.82 Å². The number of rotatable bonds is 2. The Hall–Kier alpha value is -1.71. The van der Waals surface area contributed by atoms with Crippen LogP contribution in [0.1, 0.15) is 5.69 Å². The average molecular weight is 148 g/mol. The van der Waals surface area contributed by atoms with Crippen molar-refractivity contribution >= 4 is 18.4 Å². The van der Waals surface area contributed by atoms with E-state index in [1.54, 1.807) is 18.2 Å². The first-order valence-corrected chi connectivity index (χ1v) is 3.02. The molecule has 0 radical (unpaired) electrons. The monoisotopic (exact) mass is 148 g/mol. The van der Waals surface area contributed by atoms with Gasteiger partial charge in [-0.1, -0.05) is 6.07 Å². The smallest absolute Gasteiger partial charge is 0.151 e. The van der Waals surface area contributed by atoms with Gasteiger partial charge in [0.1, 0.15) is 11.5 Å². The number of pyridine rings is 1. The molecule has 0 amide bonds. The highest BCUT2D eigenvalue weighted by atomic mass is 14.9. The van der Waals surface area contributed by atoms with E-state index in [-0.39, 0.29) is 5.84 Å². The van der Waals surface area contributed by atoms with E-state index < -0.39 is 0 Å². The zero-order valence-electron chi connectivity index (χ0n) is 5.91. The minimum Gasteiger partial charge on any atom is -0.382 e. The second-order valence-electron chi connectivity index (χ2n) is 1.95. The van der Waals surface area contributed by atoms with E-state index in [9.17, 15) is 0 Å². The van der Waals surface area contributed by atoms with Gasteiger partial charge in [-0.05, 0) is 18.9 Å². The molecule has 11 heavy (non-hydrogen) atoms. The number of amidine groups is 1. The molecule has 0 aliphatic carbocycles. The molecule has 3 N–H and O–H groups in total. The summed E-state index contributed by atoms with van der Waals surface area (Å²) in [6.07, 6.45) is 0. The maximum atomic E-state index is 7.06. The Labute approximate surface area is 64.3 Å². The Bertz CT molecular complexity index is 292. The molecule has 1 aromatic rings. The standard InChI is InChI=1S/C7H8N4/c1-10-6-4-2-3-5(11-6)7(8)9/h2-4H,1H2,(H3,8,9). The van der Waals surface area contributed by atoms with Gasteiger partial charge in [0.2, 0.25) is 0 Å². The Morgan fingerprint density at radius 1 is 1.64 bits per heavy atom. The lowest BCUT2D eigenvalue weighted by atomic mass is 10.3. The summed E-state index contributed by atoms with van der Waals surface area (Å²) in [5, 5.41) is 7.06. The molecule has 0 aromatic carbocycles. The van der Waals surface area contributed by atoms with Crippen molar-refractivity contribution in [3.05, 3.63) is 23.9 Å². The Balaban J connectivity index is 3.10. The molecule has 0 bridgehead atoms. The molecule has 0 atom stereocenters. The molecule has 4 nitrogen and oxygen atoms in total. The minimum absolute atomic E-state index is 0.0597. The fraction of sp³-hybridized carbons (Fsp3) is 0. The van der Waals surface area contributed by atoms with Crippen LogP contribution in [0.25, 0.3) is 0 Å². The topological polar surface area (TPSA) is 75.1 Å². The van der Waals surface area contributed by atoms with Crippen molar-refractivity contribution in [1.82, 2.24) is 4.98 Å². The quantitative estimate of drug-likeness (QED) is 0.478. The lowest BCUT2D eigenvalue weighted by molar-refractivity contribution is 1.23. The predicted molar refractivity (Wildman–Crippen MR) is 44.5 cm³/mol. The molecule has 0 aliphatic heterocycles. The molecule has 1 rings (SSSR count). The van der Waals surface area contributed by atoms with Crippen LogP contribution in [0.2, 0.25) is 0 Å². The summed E-state index contributed by atoms with van der Waals surface area (Å²) < 4.78 is 0. The number of nitrogens with two attached hydrogens (primary N) is 1. The summed E-state index contributed by atoms with van der Waals surface area (Å²) in [7, 11) is 0. The van der Waals surface area contributed by atoms with Crippen molar-refractivity contribution in [1.29, 1.82) is 5.41 Å². The van der Waals surface area contributed by atoms with E-state index >= 15 is 0 Å². The average Bonchev–Trinajstić information content (AvgIpc) is 2.05. The Morgan fingerprint density at radius 3 is 2.91 bits per heavy atom. The molecule has 1 aromatic heterocycles. The minimum atomic E-state index is -0.0597. The maximum Gasteiger partial charge on any atom is 0.151 e. The van der Waals surface area contributed by atoms with Crippen LogP contribution >= 0.6 is 0 Å². The van der Waals surface area contributed by atoms with E-state index in [0.717, 1.165) is 0 Å². The summed E-state index contributed by atoms with van der Waals surface area (Å²) in [6.45, 7) is 3.31. The summed E-state index contributed by atoms with van der Waals surface area (Å²) in [5.41, 5.74) is 5.62. The number of aliphatic imine (C=N–C) groups is 1. The summed E-state index contributed by atoms with van der Waals surface area (Å²) in [5.74, 6) is 0.424. The normalized spacial score (nSPS) is 9.09. The van der Waals surface area contributed by atoms with Crippen molar-refractivity contribution < 1.29 is 0 Å². The SMILES string of the molecule is C=Nc1cccc(C(=N)N)n1. The third-order valence-electron chi connectivity index (χ3n) is 1.17. The first-order chi connectivity index (χ1) is 5.24. The first-order valence-electron chi connectivity index (χ1n) is 3.02. The van der Waals surface area contributed by atoms with Crippen molar-refractivity contribution in [2.45, 2.75) is 0 Å². The number of hydrogen-bond donors (Lipinski definition) is 2. The van der Waals surface area contributed by atoms with Crippen LogP contribution < -0.4 is 5.73 Å². The Kier molecular flexibility index (Phi) is 1.96. The van der Waals surface area contributed by atoms with Gasteiger partial charge >= 0.3 is 0 Å². The zero-order chi connectivity index (χ0) is 8.27. The largest absolute Gasteiger partial charge is 0.382 e. The molecule has 4 heteroatoms. The number of nitrogens with one attached hydrogen (secondary N) is 1. The van der Waals surface area contributed by atoms with Crippen molar-refractivity contribution in [3.8, 4) is 0 Å². The molecule has 0 saturated heterocycles. The summed E-state index contributed by atoms with van der Waals surface area (Å²) >= 11 is 0. The van der Waals surface area contributed by atoms with Crippen molar-refractivity contribution in [2.75, 3.05) is 0 Å². The summed E-state index contributed by atoms with van der Waals surface area (Å²) in [6, 6.07) is 5.07. The first kappa shape index (κ1) is 7.40. The fourth-order valence-electron chi connectivity index (χ4n) is 0.661. The van der Waals surface area contributed by atoms with Crippen LogP contribution in [0, 0.1) is 5.41 Å². The van der Waals surface area contributed by atoms with Gasteiger partial charge in [-0.15, -0.1) is 0 Å². The van der Waals surface area contributed by atoms with Crippen LogP contribution in [-0.4, -0.2) is 17.5 Å². The van der Waals surface area contributed by atoms with Crippen LogP contribution in [0.3, 0.4) is 0 Å². The van der Waals surface area contributed by atoms with Crippen LogP contribution in [-0.2, 0) is 0 Å². The van der Waals surface area contributed by atoms with Crippen LogP contribution in [0.5, 0.6) is 0 Å². The molecule has 0 saturated carbocycles. The van der Waals surface area contributed by atoms with Gasteiger partial charge in [-0.25, -0.2) is 9.98 Å².